The smallest absolute Gasteiger partial charge is 0.172 e. The lowest BCUT2D eigenvalue weighted by molar-refractivity contribution is 0.290. The number of imidazole rings is 1. The number of benzene rings is 2. The molecule has 4 rings (SSSR count). The van der Waals surface area contributed by atoms with Crippen LogP contribution in [0.5, 0.6) is 5.75 Å². The number of ether oxygens (including phenoxy) is 1. The third kappa shape index (κ3) is 4.15. The second kappa shape index (κ2) is 8.94. The zero-order valence-corrected chi connectivity index (χ0v) is 18.5. The van der Waals surface area contributed by atoms with Crippen LogP contribution in [0.1, 0.15) is 5.56 Å². The minimum atomic E-state index is -0.290. The van der Waals surface area contributed by atoms with Crippen LogP contribution in [0.3, 0.4) is 0 Å². The van der Waals surface area contributed by atoms with Crippen LogP contribution in [0, 0.1) is 16.5 Å². The van der Waals surface area contributed by atoms with Gasteiger partial charge in [0.15, 0.2) is 5.16 Å². The first-order chi connectivity index (χ1) is 15.4. The molecule has 2 heterocycles. The van der Waals surface area contributed by atoms with Crippen molar-refractivity contribution in [3.8, 4) is 11.8 Å². The Morgan fingerprint density at radius 1 is 1.31 bits per heavy atom. The largest absolute Gasteiger partial charge is 0.733 e. The summed E-state index contributed by atoms with van der Waals surface area (Å²) in [5.74, 6) is 0.150. The van der Waals surface area contributed by atoms with Crippen molar-refractivity contribution in [1.29, 1.82) is 5.26 Å². The van der Waals surface area contributed by atoms with Crippen molar-refractivity contribution in [2.45, 2.75) is 10.1 Å². The Bertz CT molecular complexity index is 1350. The maximum atomic E-state index is 11.6. The number of halogens is 1. The molecule has 11 heteroatoms. The summed E-state index contributed by atoms with van der Waals surface area (Å²) in [5, 5.41) is 35.3. The molecule has 162 valence electrons. The first kappa shape index (κ1) is 21.7. The SMILES string of the molecule is COc1cc2ncc(C#N)c(Nc3ccc(Sc4nccn4C)c(Cl)c3)c2cc1N([O-])O. The summed E-state index contributed by atoms with van der Waals surface area (Å²) >= 11 is 7.92. The van der Waals surface area contributed by atoms with Gasteiger partial charge < -0.3 is 25.1 Å². The minimum absolute atomic E-state index is 0.111. The number of pyridine rings is 1. The minimum Gasteiger partial charge on any atom is -0.733 e. The van der Waals surface area contributed by atoms with E-state index in [9.17, 15) is 15.7 Å². The lowest BCUT2D eigenvalue weighted by Gasteiger charge is -2.24. The van der Waals surface area contributed by atoms with E-state index in [4.69, 9.17) is 16.3 Å². The standard InChI is InChI=1S/C21H16ClN6O3S/c1-27-6-5-24-21(27)32-19-4-3-13(7-15(19)22)26-20-12(10-23)11-25-16-9-18(31-2)17(28(29)30)8-14(16)20/h3-9,11,29H,1-2H3,(H,25,26)/q-1. The van der Waals surface area contributed by atoms with Gasteiger partial charge >= 0.3 is 0 Å². The Kier molecular flexibility index (Phi) is 6.07. The fraction of sp³-hybridized carbons (Fsp3) is 0.0952. The Morgan fingerprint density at radius 2 is 2.12 bits per heavy atom. The van der Waals surface area contributed by atoms with Gasteiger partial charge in [-0.25, -0.2) is 4.98 Å². The molecule has 2 aromatic heterocycles. The van der Waals surface area contributed by atoms with Crippen molar-refractivity contribution in [3.63, 3.8) is 0 Å². The van der Waals surface area contributed by atoms with E-state index < -0.39 is 0 Å². The van der Waals surface area contributed by atoms with Gasteiger partial charge in [0, 0.05) is 47.7 Å². The van der Waals surface area contributed by atoms with Crippen molar-refractivity contribution >= 4 is 51.3 Å². The van der Waals surface area contributed by atoms with Crippen LogP contribution in [-0.2, 0) is 7.05 Å². The molecule has 0 spiro atoms. The highest BCUT2D eigenvalue weighted by atomic mass is 35.5. The van der Waals surface area contributed by atoms with Crippen LogP contribution in [0.15, 0.2) is 59.0 Å². The lowest BCUT2D eigenvalue weighted by Crippen LogP contribution is -2.09. The highest BCUT2D eigenvalue weighted by Crippen LogP contribution is 2.38. The molecule has 0 aliphatic heterocycles. The highest BCUT2D eigenvalue weighted by Gasteiger charge is 2.15. The summed E-state index contributed by atoms with van der Waals surface area (Å²) in [5.41, 5.74) is 1.67. The van der Waals surface area contributed by atoms with Gasteiger partial charge in [-0.15, -0.1) is 0 Å². The van der Waals surface area contributed by atoms with Gasteiger partial charge in [-0.05, 0) is 24.3 Å². The van der Waals surface area contributed by atoms with E-state index in [1.54, 1.807) is 12.3 Å². The van der Waals surface area contributed by atoms with Crippen molar-refractivity contribution in [2.75, 3.05) is 17.7 Å². The van der Waals surface area contributed by atoms with Crippen LogP contribution in [0.2, 0.25) is 5.02 Å². The Balaban J connectivity index is 1.75. The van der Waals surface area contributed by atoms with Gasteiger partial charge in [-0.3, -0.25) is 10.2 Å². The number of anilines is 3. The number of methoxy groups -OCH3 is 1. The van der Waals surface area contributed by atoms with Gasteiger partial charge in [0.2, 0.25) is 0 Å². The molecular formula is C21H16ClN6O3S-. The highest BCUT2D eigenvalue weighted by molar-refractivity contribution is 7.99. The molecule has 2 aromatic carbocycles. The number of rotatable bonds is 6. The van der Waals surface area contributed by atoms with Crippen molar-refractivity contribution in [2.24, 2.45) is 7.05 Å². The number of nitriles is 1. The first-order valence-electron chi connectivity index (χ1n) is 9.20. The van der Waals surface area contributed by atoms with Crippen molar-refractivity contribution in [1.82, 2.24) is 14.5 Å². The van der Waals surface area contributed by atoms with E-state index in [0.29, 0.717) is 27.3 Å². The van der Waals surface area contributed by atoms with Crippen LogP contribution >= 0.6 is 23.4 Å². The van der Waals surface area contributed by atoms with Crippen molar-refractivity contribution in [3.05, 3.63) is 64.7 Å². The quantitative estimate of drug-likeness (QED) is 0.373. The molecule has 0 bridgehead atoms. The average molecular weight is 468 g/mol. The topological polar surface area (TPSA) is 122 Å². The fourth-order valence-electron chi connectivity index (χ4n) is 3.10. The molecule has 0 unspecified atom stereocenters. The molecule has 4 aromatic rings. The van der Waals surface area contributed by atoms with Crippen LogP contribution in [-0.4, -0.2) is 26.9 Å². The third-order valence-electron chi connectivity index (χ3n) is 4.67. The van der Waals surface area contributed by atoms with Crippen LogP contribution in [0.25, 0.3) is 10.9 Å². The number of fused-ring (bicyclic) bond motifs is 1. The number of nitrogens with zero attached hydrogens (tertiary/aromatic N) is 5. The molecule has 0 aliphatic carbocycles. The lowest BCUT2D eigenvalue weighted by atomic mass is 10.1. The Labute approximate surface area is 192 Å². The Morgan fingerprint density at radius 3 is 2.75 bits per heavy atom. The van der Waals surface area contributed by atoms with Gasteiger partial charge in [-0.2, -0.15) is 5.26 Å². The maximum absolute atomic E-state index is 11.6. The predicted molar refractivity (Wildman–Crippen MR) is 123 cm³/mol. The second-order valence-corrected chi connectivity index (χ2v) is 8.08. The third-order valence-corrected chi connectivity index (χ3v) is 6.25. The number of nitrogens with one attached hydrogen (secondary N) is 1. The summed E-state index contributed by atoms with van der Waals surface area (Å²) in [6.45, 7) is 0. The zero-order chi connectivity index (χ0) is 22.8. The van der Waals surface area contributed by atoms with E-state index in [1.165, 1.54) is 37.2 Å². The molecule has 32 heavy (non-hydrogen) atoms. The number of hydrogen-bond donors (Lipinski definition) is 2. The van der Waals surface area contributed by atoms with Crippen LogP contribution in [0.4, 0.5) is 17.1 Å². The fourth-order valence-corrected chi connectivity index (χ4v) is 4.20. The van der Waals surface area contributed by atoms with Gasteiger partial charge in [0.1, 0.15) is 11.8 Å². The summed E-state index contributed by atoms with van der Waals surface area (Å²) in [7, 11) is 3.28. The number of aryl methyl sites for hydroxylation is 1. The predicted octanol–water partition coefficient (Wildman–Crippen LogP) is 5.09. The van der Waals surface area contributed by atoms with E-state index >= 15 is 0 Å². The van der Waals surface area contributed by atoms with Crippen molar-refractivity contribution < 1.29 is 9.94 Å². The second-order valence-electron chi connectivity index (χ2n) is 6.67. The molecule has 0 atom stereocenters. The zero-order valence-electron chi connectivity index (χ0n) is 16.9. The summed E-state index contributed by atoms with van der Waals surface area (Å²) in [6, 6.07) is 10.4. The molecular weight excluding hydrogens is 452 g/mol. The average Bonchev–Trinajstić information content (AvgIpc) is 3.19. The number of hydrogen-bond acceptors (Lipinski definition) is 9. The van der Waals surface area contributed by atoms with E-state index in [1.807, 2.05) is 29.9 Å². The summed E-state index contributed by atoms with van der Waals surface area (Å²) in [6.07, 6.45) is 4.98. The first-order valence-corrected chi connectivity index (χ1v) is 10.4. The summed E-state index contributed by atoms with van der Waals surface area (Å²) in [4.78, 5) is 9.37. The van der Waals surface area contributed by atoms with Crippen LogP contribution < -0.4 is 15.3 Å². The molecule has 0 aliphatic rings. The van der Waals surface area contributed by atoms with Gasteiger partial charge in [0.25, 0.3) is 0 Å². The van der Waals surface area contributed by atoms with E-state index in [-0.39, 0.29) is 22.2 Å². The summed E-state index contributed by atoms with van der Waals surface area (Å²) < 4.78 is 7.05. The molecule has 9 nitrogen and oxygen atoms in total. The molecule has 0 saturated heterocycles. The maximum Gasteiger partial charge on any atom is 0.172 e. The molecule has 0 radical (unpaired) electrons. The van der Waals surface area contributed by atoms with Gasteiger partial charge in [-0.1, -0.05) is 23.4 Å². The number of aromatic nitrogens is 3. The molecule has 0 fully saturated rings. The molecule has 0 saturated carbocycles. The van der Waals surface area contributed by atoms with E-state index in [0.717, 1.165) is 10.1 Å². The van der Waals surface area contributed by atoms with E-state index in [2.05, 4.69) is 21.4 Å². The van der Waals surface area contributed by atoms with Gasteiger partial charge in [0.05, 0.1) is 34.6 Å². The molecule has 2 N–H and O–H groups in total. The molecule has 0 amide bonds. The Hall–Kier alpha value is -3.49. The normalized spacial score (nSPS) is 10.8. The monoisotopic (exact) mass is 467 g/mol.